The van der Waals surface area contributed by atoms with Crippen LogP contribution in [0.25, 0.3) is 0 Å². The zero-order valence-corrected chi connectivity index (χ0v) is 18.1. The minimum atomic E-state index is -1.48. The summed E-state index contributed by atoms with van der Waals surface area (Å²) in [6.45, 7) is 7.45. The number of aliphatic carboxylic acids is 1. The van der Waals surface area contributed by atoms with Crippen molar-refractivity contribution < 1.29 is 14.7 Å². The van der Waals surface area contributed by atoms with E-state index in [0.717, 1.165) is 5.56 Å². The first-order valence-corrected chi connectivity index (χ1v) is 10.4. The predicted molar refractivity (Wildman–Crippen MR) is 131 cm³/mol. The average molecular weight is 440 g/mol. The average Bonchev–Trinajstić information content (AvgIpc) is 2.84. The van der Waals surface area contributed by atoms with E-state index in [2.05, 4.69) is 23.5 Å². The third-order valence-corrected chi connectivity index (χ3v) is 5.06. The lowest BCUT2D eigenvalue weighted by Crippen LogP contribution is -2.37. The molecule has 2 aromatic carbocycles. The second kappa shape index (κ2) is 10.8. The smallest absolute Gasteiger partial charge is 0.332 e. The molecule has 6 heteroatoms. The molecule has 3 rings (SSSR count). The van der Waals surface area contributed by atoms with Crippen molar-refractivity contribution in [3.05, 3.63) is 121 Å². The number of aromatic nitrogens is 1. The van der Waals surface area contributed by atoms with Gasteiger partial charge in [-0.3, -0.25) is 14.8 Å². The van der Waals surface area contributed by atoms with E-state index in [0.29, 0.717) is 17.0 Å². The number of pyridine rings is 1. The number of hydrogen-bond donors (Lipinski definition) is 2. The molecule has 1 heterocycles. The quantitative estimate of drug-likeness (QED) is 0.338. The van der Waals surface area contributed by atoms with Crippen molar-refractivity contribution in [2.75, 3.05) is 5.32 Å². The van der Waals surface area contributed by atoms with E-state index >= 15 is 0 Å². The van der Waals surface area contributed by atoms with Gasteiger partial charge in [-0.1, -0.05) is 66.7 Å². The van der Waals surface area contributed by atoms with Crippen LogP contribution in [0.2, 0.25) is 0 Å². The third-order valence-electron chi connectivity index (χ3n) is 5.06. The minimum Gasteiger partial charge on any atom is -0.479 e. The van der Waals surface area contributed by atoms with Crippen molar-refractivity contribution in [3.8, 4) is 0 Å². The van der Waals surface area contributed by atoms with Gasteiger partial charge in [-0.15, -0.1) is 13.2 Å². The molecule has 0 saturated carbocycles. The van der Waals surface area contributed by atoms with Gasteiger partial charge in [-0.05, 0) is 18.2 Å². The van der Waals surface area contributed by atoms with Crippen LogP contribution in [-0.2, 0) is 4.79 Å². The molecule has 0 aliphatic rings. The summed E-state index contributed by atoms with van der Waals surface area (Å²) >= 11 is 0. The summed E-state index contributed by atoms with van der Waals surface area (Å²) in [5.41, 5.74) is 1.03. The summed E-state index contributed by atoms with van der Waals surface area (Å²) in [5.74, 6) is -1.46. The first-order valence-electron chi connectivity index (χ1n) is 10.4. The van der Waals surface area contributed by atoms with Crippen molar-refractivity contribution in [2.24, 2.45) is 4.99 Å². The van der Waals surface area contributed by atoms with E-state index < -0.39 is 11.5 Å². The van der Waals surface area contributed by atoms with Crippen molar-refractivity contribution >= 4 is 23.3 Å². The molecule has 6 nitrogen and oxygen atoms in total. The van der Waals surface area contributed by atoms with Gasteiger partial charge in [0, 0.05) is 30.2 Å². The summed E-state index contributed by atoms with van der Waals surface area (Å²) in [5, 5.41) is 13.0. The monoisotopic (exact) mass is 439 g/mol. The van der Waals surface area contributed by atoms with Gasteiger partial charge in [0.15, 0.2) is 5.54 Å². The number of hydrogen-bond acceptors (Lipinski definition) is 4. The van der Waals surface area contributed by atoms with Crippen LogP contribution in [0.4, 0.5) is 5.69 Å². The van der Waals surface area contributed by atoms with Crippen LogP contribution in [0.15, 0.2) is 109 Å². The van der Waals surface area contributed by atoms with Crippen LogP contribution >= 0.6 is 0 Å². The van der Waals surface area contributed by atoms with Crippen LogP contribution < -0.4 is 5.32 Å². The van der Waals surface area contributed by atoms with E-state index in [-0.39, 0.29) is 24.4 Å². The van der Waals surface area contributed by atoms with Crippen LogP contribution in [0.5, 0.6) is 0 Å². The number of aliphatic imine (C=N–C) groups is 1. The van der Waals surface area contributed by atoms with Gasteiger partial charge < -0.3 is 10.4 Å². The molecule has 0 aliphatic carbocycles. The summed E-state index contributed by atoms with van der Waals surface area (Å²) in [7, 11) is 0. The van der Waals surface area contributed by atoms with E-state index in [1.807, 2.05) is 36.4 Å². The molecule has 0 bridgehead atoms. The Morgan fingerprint density at radius 3 is 2.18 bits per heavy atom. The Bertz CT molecular complexity index is 1160. The number of rotatable bonds is 10. The number of para-hydroxylation sites is 1. The molecular formula is C27H25N3O3. The Morgan fingerprint density at radius 1 is 0.939 bits per heavy atom. The number of nitrogens with one attached hydrogen (secondary N) is 1. The first-order chi connectivity index (χ1) is 16.0. The molecule has 1 aromatic heterocycles. The maximum absolute atomic E-state index is 12.8. The lowest BCUT2D eigenvalue weighted by atomic mass is 9.90. The maximum Gasteiger partial charge on any atom is 0.332 e. The lowest BCUT2D eigenvalue weighted by molar-refractivity contribution is -0.142. The molecule has 0 atom stereocenters. The van der Waals surface area contributed by atoms with Gasteiger partial charge in [0.1, 0.15) is 5.69 Å². The fourth-order valence-electron chi connectivity index (χ4n) is 3.45. The Kier molecular flexibility index (Phi) is 7.65. The van der Waals surface area contributed by atoms with Gasteiger partial charge in [0.05, 0.1) is 11.4 Å². The predicted octanol–water partition coefficient (Wildman–Crippen LogP) is 5.15. The normalized spacial score (nSPS) is 11.5. The van der Waals surface area contributed by atoms with Crippen molar-refractivity contribution in [1.82, 2.24) is 4.98 Å². The molecule has 1 amide bonds. The van der Waals surface area contributed by atoms with Crippen LogP contribution in [-0.4, -0.2) is 33.2 Å². The number of benzene rings is 2. The van der Waals surface area contributed by atoms with Gasteiger partial charge >= 0.3 is 5.97 Å². The Balaban J connectivity index is 2.18. The Hall–Kier alpha value is -4.32. The highest BCUT2D eigenvalue weighted by Crippen LogP contribution is 2.28. The van der Waals surface area contributed by atoms with Gasteiger partial charge in [-0.2, -0.15) is 0 Å². The van der Waals surface area contributed by atoms with E-state index in [4.69, 9.17) is 4.99 Å². The number of carboxylic acid groups (broad SMARTS) is 1. The maximum atomic E-state index is 12.8. The van der Waals surface area contributed by atoms with Gasteiger partial charge in [0.25, 0.3) is 5.91 Å². The van der Waals surface area contributed by atoms with E-state index in [1.165, 1.54) is 0 Å². The molecule has 0 spiro atoms. The molecule has 33 heavy (non-hydrogen) atoms. The molecule has 0 aliphatic heterocycles. The third kappa shape index (κ3) is 5.49. The summed E-state index contributed by atoms with van der Waals surface area (Å²) in [6, 6.07) is 21.5. The zero-order valence-electron chi connectivity index (χ0n) is 18.1. The molecule has 0 unspecified atom stereocenters. The highest BCUT2D eigenvalue weighted by molar-refractivity contribution is 6.18. The molecule has 2 N–H and O–H groups in total. The summed E-state index contributed by atoms with van der Waals surface area (Å²) in [6.07, 6.45) is 4.86. The second-order valence-electron chi connectivity index (χ2n) is 7.36. The molecular weight excluding hydrogens is 414 g/mol. The minimum absolute atomic E-state index is 0.118. The van der Waals surface area contributed by atoms with Gasteiger partial charge in [0.2, 0.25) is 0 Å². The zero-order chi connectivity index (χ0) is 23.7. The Morgan fingerprint density at radius 2 is 1.58 bits per heavy atom. The van der Waals surface area contributed by atoms with Crippen LogP contribution in [0.1, 0.15) is 34.5 Å². The number of carboxylic acids is 1. The number of anilines is 1. The molecule has 0 fully saturated rings. The number of nitrogens with zero attached hydrogens (tertiary/aromatic N) is 2. The molecule has 0 radical (unpaired) electrons. The topological polar surface area (TPSA) is 91.7 Å². The Labute approximate surface area is 193 Å². The number of amides is 1. The largest absolute Gasteiger partial charge is 0.479 e. The van der Waals surface area contributed by atoms with Crippen molar-refractivity contribution in [3.63, 3.8) is 0 Å². The van der Waals surface area contributed by atoms with Crippen LogP contribution in [0.3, 0.4) is 0 Å². The van der Waals surface area contributed by atoms with E-state index in [1.54, 1.807) is 54.7 Å². The standard InChI is InChI=1S/C27H25N3O3/c1-3-17-27(18-4-2,26(32)33)30-24(20-12-6-5-7-13-20)21-14-8-9-15-22(21)29-25(31)23-16-10-11-19-28-23/h3-16,19H,1-2,17-18H2,(H,29,31)(H,32,33). The lowest BCUT2D eigenvalue weighted by Gasteiger charge is -2.25. The highest BCUT2D eigenvalue weighted by atomic mass is 16.4. The number of carbonyl (C=O) groups is 2. The van der Waals surface area contributed by atoms with E-state index in [9.17, 15) is 14.7 Å². The van der Waals surface area contributed by atoms with Gasteiger partial charge in [-0.25, -0.2) is 4.79 Å². The number of carbonyl (C=O) groups excluding carboxylic acids is 1. The highest BCUT2D eigenvalue weighted by Gasteiger charge is 2.37. The first kappa shape index (κ1) is 23.3. The molecule has 0 saturated heterocycles. The fraction of sp³-hybridized carbons (Fsp3) is 0.111. The molecule has 166 valence electrons. The van der Waals surface area contributed by atoms with Crippen molar-refractivity contribution in [2.45, 2.75) is 18.4 Å². The summed E-state index contributed by atoms with van der Waals surface area (Å²) in [4.78, 5) is 34.0. The van der Waals surface area contributed by atoms with Crippen LogP contribution in [0, 0.1) is 0 Å². The summed E-state index contributed by atoms with van der Waals surface area (Å²) < 4.78 is 0. The second-order valence-corrected chi connectivity index (χ2v) is 7.36. The SMILES string of the molecule is C=CCC(CC=C)(N=C(c1ccccc1)c1ccccc1NC(=O)c1ccccn1)C(=O)O. The van der Waals surface area contributed by atoms with Crippen molar-refractivity contribution in [1.29, 1.82) is 0 Å². The fourth-order valence-corrected chi connectivity index (χ4v) is 3.45. The molecule has 3 aromatic rings.